The van der Waals surface area contributed by atoms with Crippen LogP contribution >= 0.6 is 12.4 Å². The second kappa shape index (κ2) is 3.12. The molecular weight excluding hydrogens is 154 g/mol. The van der Waals surface area contributed by atoms with Crippen LogP contribution in [0.3, 0.4) is 0 Å². The standard InChI is InChI=1S/C5H7N3O.ClH/c6-3-1-4(5(7)9)8-2-3;/h1-2,8H,6H2,(H2,7,9);1H. The molecule has 0 spiro atoms. The van der Waals surface area contributed by atoms with Crippen LogP contribution in [0.25, 0.3) is 0 Å². The highest BCUT2D eigenvalue weighted by Crippen LogP contribution is 2.02. The molecule has 0 fully saturated rings. The molecule has 4 nitrogen and oxygen atoms in total. The average Bonchev–Trinajstić information content (AvgIpc) is 2.14. The van der Waals surface area contributed by atoms with Gasteiger partial charge >= 0.3 is 0 Å². The number of nitrogens with one attached hydrogen (secondary N) is 1. The predicted octanol–water partition coefficient (Wildman–Crippen LogP) is 0.118. The SMILES string of the molecule is Cl.NC(=O)c1cc(N)c[nH]1. The fourth-order valence-corrected chi connectivity index (χ4v) is 0.553. The van der Waals surface area contributed by atoms with E-state index in [0.29, 0.717) is 11.4 Å². The van der Waals surface area contributed by atoms with Crippen LogP contribution in [0, 0.1) is 0 Å². The number of halogens is 1. The number of nitrogens with two attached hydrogens (primary N) is 2. The Bertz CT molecular complexity index is 233. The van der Waals surface area contributed by atoms with E-state index < -0.39 is 5.91 Å². The van der Waals surface area contributed by atoms with Crippen molar-refractivity contribution in [3.05, 3.63) is 18.0 Å². The highest BCUT2D eigenvalue weighted by molar-refractivity contribution is 5.91. The van der Waals surface area contributed by atoms with Gasteiger partial charge in [-0.05, 0) is 6.07 Å². The van der Waals surface area contributed by atoms with E-state index in [0.717, 1.165) is 0 Å². The number of anilines is 1. The highest BCUT2D eigenvalue weighted by atomic mass is 35.5. The van der Waals surface area contributed by atoms with E-state index in [1.54, 1.807) is 0 Å². The summed E-state index contributed by atoms with van der Waals surface area (Å²) in [6, 6.07) is 1.49. The van der Waals surface area contributed by atoms with Gasteiger partial charge in [0.25, 0.3) is 5.91 Å². The van der Waals surface area contributed by atoms with Crippen molar-refractivity contribution in [2.45, 2.75) is 0 Å². The first-order valence-electron chi connectivity index (χ1n) is 2.44. The van der Waals surface area contributed by atoms with Crippen molar-refractivity contribution >= 4 is 24.0 Å². The average molecular weight is 162 g/mol. The summed E-state index contributed by atoms with van der Waals surface area (Å²) in [5, 5.41) is 0. The molecule has 0 bridgehead atoms. The maximum Gasteiger partial charge on any atom is 0.265 e. The summed E-state index contributed by atoms with van der Waals surface area (Å²) in [6.45, 7) is 0. The first-order valence-corrected chi connectivity index (χ1v) is 2.44. The minimum atomic E-state index is -0.494. The summed E-state index contributed by atoms with van der Waals surface area (Å²) in [4.78, 5) is 13.0. The monoisotopic (exact) mass is 161 g/mol. The van der Waals surface area contributed by atoms with E-state index in [-0.39, 0.29) is 12.4 Å². The van der Waals surface area contributed by atoms with Crippen molar-refractivity contribution in [1.82, 2.24) is 4.98 Å². The molecule has 5 N–H and O–H groups in total. The smallest absolute Gasteiger partial charge is 0.265 e. The van der Waals surface area contributed by atoms with Crippen LogP contribution in [-0.4, -0.2) is 10.9 Å². The van der Waals surface area contributed by atoms with Crippen molar-refractivity contribution in [3.8, 4) is 0 Å². The van der Waals surface area contributed by atoms with Crippen molar-refractivity contribution < 1.29 is 4.79 Å². The summed E-state index contributed by atoms with van der Waals surface area (Å²) < 4.78 is 0. The Hall–Kier alpha value is -1.16. The maximum atomic E-state index is 10.3. The molecule has 1 aromatic heterocycles. The lowest BCUT2D eigenvalue weighted by Gasteiger charge is -1.82. The van der Waals surface area contributed by atoms with Crippen molar-refractivity contribution in [1.29, 1.82) is 0 Å². The Morgan fingerprint density at radius 3 is 2.40 bits per heavy atom. The zero-order valence-electron chi connectivity index (χ0n) is 5.13. The van der Waals surface area contributed by atoms with E-state index in [1.165, 1.54) is 12.3 Å². The number of amides is 1. The number of hydrogen-bond donors (Lipinski definition) is 3. The summed E-state index contributed by atoms with van der Waals surface area (Å²) in [5.41, 5.74) is 11.0. The Morgan fingerprint density at radius 1 is 1.60 bits per heavy atom. The molecule has 5 heteroatoms. The van der Waals surface area contributed by atoms with Gasteiger partial charge in [-0.25, -0.2) is 0 Å². The van der Waals surface area contributed by atoms with Crippen LogP contribution in [0.5, 0.6) is 0 Å². The van der Waals surface area contributed by atoms with Crippen molar-refractivity contribution in [2.75, 3.05) is 5.73 Å². The number of hydrogen-bond acceptors (Lipinski definition) is 2. The van der Waals surface area contributed by atoms with E-state index in [4.69, 9.17) is 11.5 Å². The summed E-state index contributed by atoms with van der Waals surface area (Å²) in [6.07, 6.45) is 1.51. The molecule has 0 aliphatic heterocycles. The van der Waals surface area contributed by atoms with Gasteiger partial charge in [0.15, 0.2) is 0 Å². The molecule has 10 heavy (non-hydrogen) atoms. The number of rotatable bonds is 1. The molecule has 0 radical (unpaired) electrons. The van der Waals surface area contributed by atoms with Crippen LogP contribution in [0.2, 0.25) is 0 Å². The van der Waals surface area contributed by atoms with Crippen LogP contribution < -0.4 is 11.5 Å². The van der Waals surface area contributed by atoms with Gasteiger partial charge in [-0.2, -0.15) is 0 Å². The molecule has 1 rings (SSSR count). The number of H-pyrrole nitrogens is 1. The molecule has 1 aromatic rings. The number of carbonyl (C=O) groups excluding carboxylic acids is 1. The molecule has 0 saturated heterocycles. The maximum absolute atomic E-state index is 10.3. The zero-order chi connectivity index (χ0) is 6.85. The van der Waals surface area contributed by atoms with Crippen LogP contribution in [0.15, 0.2) is 12.3 Å². The fourth-order valence-electron chi connectivity index (χ4n) is 0.553. The molecule has 56 valence electrons. The molecule has 0 atom stereocenters. The number of aromatic amines is 1. The summed E-state index contributed by atoms with van der Waals surface area (Å²) in [5.74, 6) is -0.494. The lowest BCUT2D eigenvalue weighted by Crippen LogP contribution is -2.10. The minimum absolute atomic E-state index is 0. The zero-order valence-corrected chi connectivity index (χ0v) is 5.94. The van der Waals surface area contributed by atoms with Gasteiger partial charge in [0.05, 0.1) is 0 Å². The first kappa shape index (κ1) is 8.84. The van der Waals surface area contributed by atoms with Gasteiger partial charge in [-0.1, -0.05) is 0 Å². The third-order valence-corrected chi connectivity index (χ3v) is 0.971. The van der Waals surface area contributed by atoms with Crippen molar-refractivity contribution in [3.63, 3.8) is 0 Å². The highest BCUT2D eigenvalue weighted by Gasteiger charge is 1.99. The molecular formula is C5H8ClN3O. The largest absolute Gasteiger partial charge is 0.397 e. The number of aromatic nitrogens is 1. The summed E-state index contributed by atoms with van der Waals surface area (Å²) in [7, 11) is 0. The number of carbonyl (C=O) groups is 1. The quantitative estimate of drug-likeness (QED) is 0.547. The van der Waals surface area contributed by atoms with Crippen molar-refractivity contribution in [2.24, 2.45) is 5.73 Å². The molecule has 0 aliphatic rings. The first-order chi connectivity index (χ1) is 4.20. The third-order valence-electron chi connectivity index (χ3n) is 0.971. The van der Waals surface area contributed by atoms with E-state index in [9.17, 15) is 4.79 Å². The van der Waals surface area contributed by atoms with Crippen LogP contribution in [-0.2, 0) is 0 Å². The summed E-state index contributed by atoms with van der Waals surface area (Å²) >= 11 is 0. The lowest BCUT2D eigenvalue weighted by atomic mass is 10.4. The number of nitrogen functional groups attached to an aromatic ring is 1. The normalized spacial score (nSPS) is 8.40. The molecule has 0 unspecified atom stereocenters. The molecule has 1 amide bonds. The van der Waals surface area contributed by atoms with Gasteiger partial charge in [-0.15, -0.1) is 12.4 Å². The Morgan fingerprint density at radius 2 is 2.20 bits per heavy atom. The van der Waals surface area contributed by atoms with E-state index >= 15 is 0 Å². The van der Waals surface area contributed by atoms with E-state index in [2.05, 4.69) is 4.98 Å². The minimum Gasteiger partial charge on any atom is -0.397 e. The molecule has 0 aliphatic carbocycles. The molecule has 1 heterocycles. The van der Waals surface area contributed by atoms with E-state index in [1.807, 2.05) is 0 Å². The Kier molecular flexibility index (Phi) is 2.76. The predicted molar refractivity (Wildman–Crippen MR) is 41.0 cm³/mol. The van der Waals surface area contributed by atoms with Gasteiger partial charge in [0.1, 0.15) is 5.69 Å². The Balaban J connectivity index is 0.000000810. The van der Waals surface area contributed by atoms with Gasteiger partial charge in [-0.3, -0.25) is 4.79 Å². The molecule has 0 saturated carbocycles. The van der Waals surface area contributed by atoms with Gasteiger partial charge in [0.2, 0.25) is 0 Å². The lowest BCUT2D eigenvalue weighted by molar-refractivity contribution is 0.0996. The Labute approximate surface area is 64.0 Å². The van der Waals surface area contributed by atoms with Gasteiger partial charge < -0.3 is 16.5 Å². The second-order valence-electron chi connectivity index (χ2n) is 1.71. The topological polar surface area (TPSA) is 84.9 Å². The van der Waals surface area contributed by atoms with Crippen LogP contribution in [0.1, 0.15) is 10.5 Å². The number of primary amides is 1. The fraction of sp³-hybridized carbons (Fsp3) is 0. The molecule has 0 aromatic carbocycles. The second-order valence-corrected chi connectivity index (χ2v) is 1.71. The third kappa shape index (κ3) is 1.66. The van der Waals surface area contributed by atoms with Crippen LogP contribution in [0.4, 0.5) is 5.69 Å². The van der Waals surface area contributed by atoms with Gasteiger partial charge in [0, 0.05) is 11.9 Å².